The molecule has 0 radical (unpaired) electrons. The average Bonchev–Trinajstić information content (AvgIpc) is 3.19. The van der Waals surface area contributed by atoms with Crippen molar-refractivity contribution in [3.05, 3.63) is 53.3 Å². The standard InChI is InChI=1S/C23H23N5O2/c29-23-26-19-16-8-2-3-10-18(16)25-20(21(19)27-23)17-9-6-11-24-22(17)30-15-7-14-28-12-4-1-5-13-28/h2-3,6,8-11H,1,4-5,7,12-15H2. The molecule has 1 fully saturated rings. The van der Waals surface area contributed by atoms with E-state index in [0.29, 0.717) is 28.9 Å². The maximum Gasteiger partial charge on any atom is 0.368 e. The molecule has 30 heavy (non-hydrogen) atoms. The van der Waals surface area contributed by atoms with Gasteiger partial charge in [-0.2, -0.15) is 9.98 Å². The van der Waals surface area contributed by atoms with E-state index in [4.69, 9.17) is 9.72 Å². The number of aromatic nitrogens is 2. The number of benzene rings is 1. The third kappa shape index (κ3) is 3.68. The van der Waals surface area contributed by atoms with Gasteiger partial charge in [-0.15, -0.1) is 0 Å². The number of fused-ring (bicyclic) bond motifs is 3. The Balaban J connectivity index is 1.44. The van der Waals surface area contributed by atoms with Gasteiger partial charge in [0.05, 0.1) is 17.7 Å². The number of pyridine rings is 2. The molecule has 2 aliphatic heterocycles. The van der Waals surface area contributed by atoms with Gasteiger partial charge in [0.15, 0.2) is 0 Å². The topological polar surface area (TPSA) is 80.0 Å². The molecule has 152 valence electrons. The lowest BCUT2D eigenvalue weighted by Gasteiger charge is -2.26. The molecule has 0 saturated carbocycles. The second kappa shape index (κ2) is 8.28. The predicted molar refractivity (Wildman–Crippen MR) is 113 cm³/mol. The van der Waals surface area contributed by atoms with Crippen molar-refractivity contribution >= 4 is 16.9 Å². The molecule has 4 heterocycles. The van der Waals surface area contributed by atoms with Crippen LogP contribution >= 0.6 is 0 Å². The van der Waals surface area contributed by atoms with Gasteiger partial charge in [-0.25, -0.2) is 14.8 Å². The highest BCUT2D eigenvalue weighted by Crippen LogP contribution is 2.25. The fraction of sp³-hybridized carbons (Fsp3) is 0.348. The van der Waals surface area contributed by atoms with Crippen molar-refractivity contribution in [3.63, 3.8) is 0 Å². The average molecular weight is 401 g/mol. The number of carbonyl (C=O) groups excluding carboxylic acids is 1. The maximum absolute atomic E-state index is 12.0. The van der Waals surface area contributed by atoms with Crippen molar-refractivity contribution < 1.29 is 9.53 Å². The summed E-state index contributed by atoms with van der Waals surface area (Å²) < 4.78 is 6.05. The first-order valence-corrected chi connectivity index (χ1v) is 10.5. The van der Waals surface area contributed by atoms with Crippen LogP contribution in [0.5, 0.6) is 5.88 Å². The second-order valence-electron chi connectivity index (χ2n) is 7.64. The first-order valence-electron chi connectivity index (χ1n) is 10.5. The van der Waals surface area contributed by atoms with Crippen LogP contribution in [0.4, 0.5) is 4.79 Å². The van der Waals surface area contributed by atoms with Crippen molar-refractivity contribution in [2.75, 3.05) is 26.2 Å². The highest BCUT2D eigenvalue weighted by Gasteiger charge is 2.19. The van der Waals surface area contributed by atoms with Gasteiger partial charge in [-0.05, 0) is 50.6 Å². The van der Waals surface area contributed by atoms with E-state index in [9.17, 15) is 4.79 Å². The first kappa shape index (κ1) is 18.8. The molecule has 5 rings (SSSR count). The lowest BCUT2D eigenvalue weighted by molar-refractivity contribution is 0.203. The Morgan fingerprint density at radius 2 is 1.80 bits per heavy atom. The van der Waals surface area contributed by atoms with Crippen LogP contribution in [0.1, 0.15) is 25.7 Å². The summed E-state index contributed by atoms with van der Waals surface area (Å²) in [7, 11) is 0. The van der Waals surface area contributed by atoms with E-state index in [-0.39, 0.29) is 0 Å². The van der Waals surface area contributed by atoms with E-state index in [0.717, 1.165) is 29.4 Å². The minimum atomic E-state index is -0.503. The molecule has 7 nitrogen and oxygen atoms in total. The third-order valence-electron chi connectivity index (χ3n) is 5.59. The highest BCUT2D eigenvalue weighted by atomic mass is 16.5. The molecule has 7 heteroatoms. The molecule has 1 aromatic carbocycles. The molecule has 0 aliphatic carbocycles. The van der Waals surface area contributed by atoms with Crippen molar-refractivity contribution in [3.8, 4) is 17.1 Å². The van der Waals surface area contributed by atoms with Gasteiger partial charge >= 0.3 is 6.03 Å². The van der Waals surface area contributed by atoms with Gasteiger partial charge in [-0.1, -0.05) is 24.6 Å². The van der Waals surface area contributed by atoms with Crippen LogP contribution in [0.15, 0.2) is 52.6 Å². The molecule has 3 aromatic rings. The number of carbonyl (C=O) groups is 1. The Kier molecular flexibility index (Phi) is 5.19. The van der Waals surface area contributed by atoms with Gasteiger partial charge in [0, 0.05) is 18.1 Å². The normalized spacial score (nSPS) is 16.2. The quantitative estimate of drug-likeness (QED) is 0.594. The summed E-state index contributed by atoms with van der Waals surface area (Å²) in [5.74, 6) is 0.510. The molecule has 2 aromatic heterocycles. The van der Waals surface area contributed by atoms with Gasteiger partial charge in [0.25, 0.3) is 0 Å². The lowest BCUT2D eigenvalue weighted by Crippen LogP contribution is -2.31. The van der Waals surface area contributed by atoms with Crippen LogP contribution in [0.2, 0.25) is 0 Å². The first-order chi connectivity index (χ1) is 14.8. The Hall–Kier alpha value is -3.19. The van der Waals surface area contributed by atoms with Gasteiger partial charge < -0.3 is 9.64 Å². The SMILES string of the molecule is O=C1N=c2c(-c3cccnc3OCCCN3CCCCC3)nc3ccccc3c2=N1. The number of rotatable bonds is 6. The van der Waals surface area contributed by atoms with E-state index in [1.807, 2.05) is 36.4 Å². The summed E-state index contributed by atoms with van der Waals surface area (Å²) in [5.41, 5.74) is 2.07. The molecule has 0 bridgehead atoms. The number of nitrogens with zero attached hydrogens (tertiary/aromatic N) is 5. The molecule has 0 unspecified atom stereocenters. The minimum absolute atomic E-state index is 0.491. The van der Waals surface area contributed by atoms with Crippen LogP contribution in [0.25, 0.3) is 22.2 Å². The molecular weight excluding hydrogens is 378 g/mol. The molecule has 0 N–H and O–H groups in total. The number of likely N-dealkylation sites (tertiary alicyclic amines) is 1. The largest absolute Gasteiger partial charge is 0.477 e. The molecule has 2 aliphatic rings. The zero-order valence-electron chi connectivity index (χ0n) is 16.8. The van der Waals surface area contributed by atoms with E-state index >= 15 is 0 Å². The zero-order chi connectivity index (χ0) is 20.3. The number of amides is 2. The maximum atomic E-state index is 12.0. The van der Waals surface area contributed by atoms with Crippen LogP contribution < -0.4 is 15.5 Å². The molecule has 0 atom stereocenters. The van der Waals surface area contributed by atoms with Crippen molar-refractivity contribution in [2.45, 2.75) is 25.7 Å². The fourth-order valence-corrected chi connectivity index (χ4v) is 4.13. The number of urea groups is 1. The van der Waals surface area contributed by atoms with Crippen LogP contribution in [0.3, 0.4) is 0 Å². The summed E-state index contributed by atoms with van der Waals surface area (Å²) >= 11 is 0. The van der Waals surface area contributed by atoms with E-state index in [1.165, 1.54) is 32.4 Å². The summed E-state index contributed by atoms with van der Waals surface area (Å²) in [6, 6.07) is 10.9. The smallest absolute Gasteiger partial charge is 0.368 e. The predicted octanol–water partition coefficient (Wildman–Crippen LogP) is 2.92. The molecule has 0 spiro atoms. The molecule has 2 amide bonds. The minimum Gasteiger partial charge on any atom is -0.477 e. The monoisotopic (exact) mass is 401 g/mol. The summed E-state index contributed by atoms with van der Waals surface area (Å²) in [6.45, 7) is 3.98. The van der Waals surface area contributed by atoms with Crippen LogP contribution in [-0.2, 0) is 0 Å². The van der Waals surface area contributed by atoms with E-state index in [2.05, 4.69) is 19.9 Å². The second-order valence-corrected chi connectivity index (χ2v) is 7.64. The van der Waals surface area contributed by atoms with Crippen LogP contribution in [0, 0.1) is 0 Å². The van der Waals surface area contributed by atoms with E-state index < -0.39 is 6.03 Å². The molecule has 1 saturated heterocycles. The Bertz CT molecular complexity index is 1220. The highest BCUT2D eigenvalue weighted by molar-refractivity contribution is 5.87. The number of hydrogen-bond acceptors (Lipinski definition) is 5. The Morgan fingerprint density at radius 1 is 0.967 bits per heavy atom. The van der Waals surface area contributed by atoms with Crippen molar-refractivity contribution in [2.24, 2.45) is 9.98 Å². The Morgan fingerprint density at radius 3 is 2.70 bits per heavy atom. The number of ether oxygens (including phenoxy) is 1. The van der Waals surface area contributed by atoms with Crippen molar-refractivity contribution in [1.82, 2.24) is 14.9 Å². The van der Waals surface area contributed by atoms with Gasteiger partial charge in [0.2, 0.25) is 5.88 Å². The summed E-state index contributed by atoms with van der Waals surface area (Å²) in [6.07, 6.45) is 6.57. The van der Waals surface area contributed by atoms with Crippen molar-refractivity contribution in [1.29, 1.82) is 0 Å². The zero-order valence-corrected chi connectivity index (χ0v) is 16.8. The third-order valence-corrected chi connectivity index (χ3v) is 5.59. The number of hydrogen-bond donors (Lipinski definition) is 0. The summed E-state index contributed by atoms with van der Waals surface area (Å²) in [5, 5.41) is 1.88. The van der Waals surface area contributed by atoms with Gasteiger partial charge in [-0.3, -0.25) is 0 Å². The lowest BCUT2D eigenvalue weighted by atomic mass is 10.1. The summed E-state index contributed by atoms with van der Waals surface area (Å²) in [4.78, 5) is 31.9. The number of para-hydroxylation sites is 1. The van der Waals surface area contributed by atoms with Gasteiger partial charge in [0.1, 0.15) is 16.4 Å². The Labute approximate surface area is 174 Å². The fourth-order valence-electron chi connectivity index (χ4n) is 4.13. The van der Waals surface area contributed by atoms with E-state index in [1.54, 1.807) is 6.20 Å². The van der Waals surface area contributed by atoms with Crippen LogP contribution in [-0.4, -0.2) is 47.1 Å². The molecular formula is C23H23N5O2. The number of piperidine rings is 1.